The average Bonchev–Trinajstić information content (AvgIpc) is 2.78. The molecule has 2 rings (SSSR count). The van der Waals surface area contributed by atoms with Crippen LogP contribution >= 0.6 is 11.6 Å². The second-order valence-electron chi connectivity index (χ2n) is 3.80. The molecule has 1 unspecified atom stereocenters. The van der Waals surface area contributed by atoms with Gasteiger partial charge in [0.2, 0.25) is 11.7 Å². The van der Waals surface area contributed by atoms with Crippen LogP contribution in [0.1, 0.15) is 5.89 Å². The van der Waals surface area contributed by atoms with Crippen LogP contribution in [0.5, 0.6) is 0 Å². The van der Waals surface area contributed by atoms with Gasteiger partial charge in [-0.05, 0) is 12.1 Å². The largest absolute Gasteiger partial charge is 0.390 e. The molecule has 0 aliphatic rings. The Kier molecular flexibility index (Phi) is 4.30. The van der Waals surface area contributed by atoms with Gasteiger partial charge in [-0.1, -0.05) is 28.9 Å². The fourth-order valence-corrected chi connectivity index (χ4v) is 1.76. The molecule has 0 aliphatic heterocycles. The minimum atomic E-state index is -0.658. The molecule has 1 aromatic carbocycles. The molecule has 0 saturated carbocycles. The van der Waals surface area contributed by atoms with Crippen LogP contribution in [0.3, 0.4) is 0 Å². The van der Waals surface area contributed by atoms with Gasteiger partial charge >= 0.3 is 0 Å². The van der Waals surface area contributed by atoms with Gasteiger partial charge < -0.3 is 14.4 Å². The van der Waals surface area contributed by atoms with Crippen LogP contribution in [0.15, 0.2) is 28.8 Å². The Hall–Kier alpha value is -1.43. The molecule has 0 bridgehead atoms. The lowest BCUT2D eigenvalue weighted by Gasteiger charge is -2.04. The average molecular weight is 269 g/mol. The van der Waals surface area contributed by atoms with E-state index in [2.05, 4.69) is 10.1 Å². The quantitative estimate of drug-likeness (QED) is 0.897. The second kappa shape index (κ2) is 5.95. The van der Waals surface area contributed by atoms with Crippen LogP contribution in [0.4, 0.5) is 0 Å². The predicted molar refractivity (Wildman–Crippen MR) is 66.3 cm³/mol. The summed E-state index contributed by atoms with van der Waals surface area (Å²) >= 11 is 6.03. The Morgan fingerprint density at radius 2 is 2.22 bits per heavy atom. The zero-order valence-corrected chi connectivity index (χ0v) is 10.6. The first-order chi connectivity index (χ1) is 8.70. The summed E-state index contributed by atoms with van der Waals surface area (Å²) in [4.78, 5) is 4.19. The summed E-state index contributed by atoms with van der Waals surface area (Å²) in [5.74, 6) is 0.773. The maximum atomic E-state index is 9.56. The van der Waals surface area contributed by atoms with Crippen molar-refractivity contribution < 1.29 is 14.4 Å². The van der Waals surface area contributed by atoms with E-state index in [-0.39, 0.29) is 13.0 Å². The van der Waals surface area contributed by atoms with Crippen molar-refractivity contribution >= 4 is 11.6 Å². The lowest BCUT2D eigenvalue weighted by Crippen LogP contribution is -2.17. The first-order valence-electron chi connectivity index (χ1n) is 5.45. The number of aliphatic hydroxyl groups is 1. The van der Waals surface area contributed by atoms with E-state index in [1.165, 1.54) is 7.11 Å². The van der Waals surface area contributed by atoms with Crippen LogP contribution in [-0.2, 0) is 11.2 Å². The number of methoxy groups -OCH3 is 1. The number of ether oxygens (including phenoxy) is 1. The topological polar surface area (TPSA) is 68.4 Å². The van der Waals surface area contributed by atoms with Crippen molar-refractivity contribution in [3.8, 4) is 11.4 Å². The molecular weight excluding hydrogens is 256 g/mol. The summed E-state index contributed by atoms with van der Waals surface area (Å²) < 4.78 is 9.88. The Morgan fingerprint density at radius 1 is 1.44 bits per heavy atom. The molecule has 0 fully saturated rings. The Balaban J connectivity index is 2.13. The summed E-state index contributed by atoms with van der Waals surface area (Å²) in [6.07, 6.45) is -0.403. The van der Waals surface area contributed by atoms with Crippen LogP contribution in [0, 0.1) is 0 Å². The van der Waals surface area contributed by atoms with E-state index in [4.69, 9.17) is 20.9 Å². The molecule has 0 aliphatic carbocycles. The van der Waals surface area contributed by atoms with Crippen molar-refractivity contribution in [2.45, 2.75) is 12.5 Å². The Labute approximate surface area is 109 Å². The highest BCUT2D eigenvalue weighted by Gasteiger charge is 2.14. The molecule has 5 nitrogen and oxygen atoms in total. The first-order valence-corrected chi connectivity index (χ1v) is 5.83. The molecular formula is C12H13ClN2O3. The number of aliphatic hydroxyl groups excluding tert-OH is 1. The predicted octanol–water partition coefficient (Wildman–Crippen LogP) is 1.94. The van der Waals surface area contributed by atoms with Gasteiger partial charge in [-0.3, -0.25) is 0 Å². The lowest BCUT2D eigenvalue weighted by molar-refractivity contribution is 0.0599. The smallest absolute Gasteiger partial charge is 0.229 e. The van der Waals surface area contributed by atoms with Gasteiger partial charge in [-0.15, -0.1) is 0 Å². The molecule has 2 aromatic rings. The summed E-state index contributed by atoms with van der Waals surface area (Å²) in [6, 6.07) is 7.24. The summed E-state index contributed by atoms with van der Waals surface area (Å²) in [5.41, 5.74) is 0.704. The molecule has 96 valence electrons. The molecule has 1 heterocycles. The van der Waals surface area contributed by atoms with Gasteiger partial charge in [0.1, 0.15) is 0 Å². The molecule has 0 radical (unpaired) electrons. The van der Waals surface area contributed by atoms with E-state index >= 15 is 0 Å². The van der Waals surface area contributed by atoms with Crippen molar-refractivity contribution in [3.05, 3.63) is 35.2 Å². The molecule has 1 N–H and O–H groups in total. The molecule has 1 atom stereocenters. The van der Waals surface area contributed by atoms with E-state index < -0.39 is 6.10 Å². The zero-order chi connectivity index (χ0) is 13.0. The van der Waals surface area contributed by atoms with Crippen molar-refractivity contribution in [2.24, 2.45) is 0 Å². The van der Waals surface area contributed by atoms with Crippen molar-refractivity contribution in [3.63, 3.8) is 0 Å². The van der Waals surface area contributed by atoms with Crippen molar-refractivity contribution in [2.75, 3.05) is 13.7 Å². The third kappa shape index (κ3) is 3.07. The molecule has 0 saturated heterocycles. The van der Waals surface area contributed by atoms with E-state index in [9.17, 15) is 5.11 Å². The third-order valence-corrected chi connectivity index (χ3v) is 2.68. The van der Waals surface area contributed by atoms with E-state index in [0.717, 1.165) is 0 Å². The van der Waals surface area contributed by atoms with Crippen LogP contribution in [0.2, 0.25) is 5.02 Å². The zero-order valence-electron chi connectivity index (χ0n) is 9.84. The SMILES string of the molecule is COCC(O)Cc1nc(-c2ccccc2Cl)no1. The van der Waals surface area contributed by atoms with E-state index in [0.29, 0.717) is 22.3 Å². The Bertz CT molecular complexity index is 516. The highest BCUT2D eigenvalue weighted by molar-refractivity contribution is 6.33. The number of hydrogen-bond donors (Lipinski definition) is 1. The van der Waals surface area contributed by atoms with Crippen LogP contribution < -0.4 is 0 Å². The maximum Gasteiger partial charge on any atom is 0.229 e. The summed E-state index contributed by atoms with van der Waals surface area (Å²) in [7, 11) is 1.52. The number of nitrogens with zero attached hydrogens (tertiary/aromatic N) is 2. The minimum absolute atomic E-state index is 0.226. The number of rotatable bonds is 5. The summed E-state index contributed by atoms with van der Waals surface area (Å²) in [5, 5.41) is 14.0. The first kappa shape index (κ1) is 13.0. The number of hydrogen-bond acceptors (Lipinski definition) is 5. The highest BCUT2D eigenvalue weighted by atomic mass is 35.5. The standard InChI is InChI=1S/C12H13ClN2O3/c1-17-7-8(16)6-11-14-12(15-18-11)9-4-2-3-5-10(9)13/h2-5,8,16H,6-7H2,1H3. The van der Waals surface area contributed by atoms with Crippen LogP contribution in [0.25, 0.3) is 11.4 Å². The molecule has 6 heteroatoms. The molecule has 0 amide bonds. The van der Waals surface area contributed by atoms with E-state index in [1.807, 2.05) is 18.2 Å². The fraction of sp³-hybridized carbons (Fsp3) is 0.333. The summed E-state index contributed by atoms with van der Waals surface area (Å²) in [6.45, 7) is 0.226. The van der Waals surface area contributed by atoms with Gasteiger partial charge in [0, 0.05) is 12.7 Å². The second-order valence-corrected chi connectivity index (χ2v) is 4.21. The number of aromatic nitrogens is 2. The highest BCUT2D eigenvalue weighted by Crippen LogP contribution is 2.24. The molecule has 1 aromatic heterocycles. The maximum absolute atomic E-state index is 9.56. The number of halogens is 1. The van der Waals surface area contributed by atoms with Crippen molar-refractivity contribution in [1.29, 1.82) is 0 Å². The van der Waals surface area contributed by atoms with E-state index in [1.54, 1.807) is 6.07 Å². The van der Waals surface area contributed by atoms with Gasteiger partial charge in [0.05, 0.1) is 24.2 Å². The van der Waals surface area contributed by atoms with Gasteiger partial charge in [-0.2, -0.15) is 4.98 Å². The van der Waals surface area contributed by atoms with Gasteiger partial charge in [0.15, 0.2) is 0 Å². The lowest BCUT2D eigenvalue weighted by atomic mass is 10.2. The molecule has 18 heavy (non-hydrogen) atoms. The number of benzene rings is 1. The normalized spacial score (nSPS) is 12.6. The monoisotopic (exact) mass is 268 g/mol. The Morgan fingerprint density at radius 3 is 2.94 bits per heavy atom. The van der Waals surface area contributed by atoms with Gasteiger partial charge in [0.25, 0.3) is 0 Å². The molecule has 0 spiro atoms. The van der Waals surface area contributed by atoms with Gasteiger partial charge in [-0.25, -0.2) is 0 Å². The fourth-order valence-electron chi connectivity index (χ4n) is 1.54. The van der Waals surface area contributed by atoms with Crippen molar-refractivity contribution in [1.82, 2.24) is 10.1 Å². The minimum Gasteiger partial charge on any atom is -0.390 e. The van der Waals surface area contributed by atoms with Crippen LogP contribution in [-0.4, -0.2) is 35.1 Å². The third-order valence-electron chi connectivity index (χ3n) is 2.35.